The van der Waals surface area contributed by atoms with Crippen molar-refractivity contribution in [2.45, 2.75) is 50.6 Å². The van der Waals surface area contributed by atoms with Crippen molar-refractivity contribution >= 4 is 5.91 Å². The zero-order valence-electron chi connectivity index (χ0n) is 13.4. The summed E-state index contributed by atoms with van der Waals surface area (Å²) in [4.78, 5) is 14.7. The van der Waals surface area contributed by atoms with E-state index in [4.69, 9.17) is 4.74 Å². The summed E-state index contributed by atoms with van der Waals surface area (Å²) in [6.07, 6.45) is 6.28. The molecule has 0 bridgehead atoms. The zero-order valence-corrected chi connectivity index (χ0v) is 13.4. The lowest BCUT2D eigenvalue weighted by molar-refractivity contribution is -0.132. The van der Waals surface area contributed by atoms with Gasteiger partial charge in [-0.1, -0.05) is 12.1 Å². The predicted molar refractivity (Wildman–Crippen MR) is 86.9 cm³/mol. The van der Waals surface area contributed by atoms with Crippen molar-refractivity contribution in [3.05, 3.63) is 29.8 Å². The Hall–Kier alpha value is -1.55. The molecule has 0 radical (unpaired) electrons. The molecule has 0 aromatic heterocycles. The number of amides is 1. The van der Waals surface area contributed by atoms with Crippen LogP contribution in [0.3, 0.4) is 0 Å². The Morgan fingerprint density at radius 2 is 2.09 bits per heavy atom. The minimum atomic E-state index is 0.245. The number of nitrogens with zero attached hydrogens (tertiary/aromatic N) is 1. The van der Waals surface area contributed by atoms with E-state index < -0.39 is 0 Å². The molecule has 2 aliphatic heterocycles. The van der Waals surface area contributed by atoms with Crippen molar-refractivity contribution in [1.29, 1.82) is 0 Å². The van der Waals surface area contributed by atoms with Crippen LogP contribution < -0.4 is 10.1 Å². The van der Waals surface area contributed by atoms with Gasteiger partial charge in [0.05, 0.1) is 13.2 Å². The number of hydrogen-bond acceptors (Lipinski definition) is 3. The minimum absolute atomic E-state index is 0.245. The smallest absolute Gasteiger partial charge is 0.223 e. The minimum Gasteiger partial charge on any atom is -0.497 e. The molecule has 2 unspecified atom stereocenters. The van der Waals surface area contributed by atoms with E-state index >= 15 is 0 Å². The average Bonchev–Trinajstić information content (AvgIpc) is 3.24. The number of rotatable bonds is 5. The van der Waals surface area contributed by atoms with Gasteiger partial charge in [0.25, 0.3) is 0 Å². The standard InChI is InChI=1S/C18H26N2O2/c1-22-16-9-6-14(7-10-16)17-5-3-13-20(17)18(21)11-8-15-4-2-12-19-15/h6-7,9-10,15,17,19H,2-5,8,11-13H2,1H3. The highest BCUT2D eigenvalue weighted by molar-refractivity contribution is 5.77. The summed E-state index contributed by atoms with van der Waals surface area (Å²) < 4.78 is 5.21. The third-order valence-corrected chi connectivity index (χ3v) is 4.94. The highest BCUT2D eigenvalue weighted by Gasteiger charge is 2.30. The van der Waals surface area contributed by atoms with E-state index in [2.05, 4.69) is 22.3 Å². The first-order valence-corrected chi connectivity index (χ1v) is 8.45. The largest absolute Gasteiger partial charge is 0.497 e. The van der Waals surface area contributed by atoms with E-state index in [1.54, 1.807) is 7.11 Å². The quantitative estimate of drug-likeness (QED) is 0.909. The van der Waals surface area contributed by atoms with Crippen molar-refractivity contribution in [1.82, 2.24) is 10.2 Å². The molecule has 22 heavy (non-hydrogen) atoms. The molecule has 1 N–H and O–H groups in total. The van der Waals surface area contributed by atoms with Crippen molar-refractivity contribution in [3.8, 4) is 5.75 Å². The molecule has 2 saturated heterocycles. The molecule has 1 aromatic rings. The Bertz CT molecular complexity index is 494. The fourth-order valence-corrected chi connectivity index (χ4v) is 3.68. The van der Waals surface area contributed by atoms with E-state index in [9.17, 15) is 4.79 Å². The molecule has 1 aromatic carbocycles. The summed E-state index contributed by atoms with van der Waals surface area (Å²) in [5, 5.41) is 3.47. The van der Waals surface area contributed by atoms with Crippen LogP contribution in [-0.4, -0.2) is 37.0 Å². The number of carbonyl (C=O) groups is 1. The zero-order chi connectivity index (χ0) is 15.4. The van der Waals surface area contributed by atoms with Crippen LogP contribution in [0.5, 0.6) is 5.75 Å². The van der Waals surface area contributed by atoms with Crippen molar-refractivity contribution < 1.29 is 9.53 Å². The topological polar surface area (TPSA) is 41.6 Å². The molecular formula is C18H26N2O2. The first-order valence-electron chi connectivity index (χ1n) is 8.45. The molecule has 3 rings (SSSR count). The predicted octanol–water partition coefficient (Wildman–Crippen LogP) is 2.89. The molecule has 4 nitrogen and oxygen atoms in total. The lowest BCUT2D eigenvalue weighted by Crippen LogP contribution is -2.32. The molecule has 120 valence electrons. The number of benzene rings is 1. The number of ether oxygens (including phenoxy) is 1. The van der Waals surface area contributed by atoms with Gasteiger partial charge in [0.1, 0.15) is 5.75 Å². The molecule has 0 saturated carbocycles. The highest BCUT2D eigenvalue weighted by Crippen LogP contribution is 2.33. The van der Waals surface area contributed by atoms with Crippen molar-refractivity contribution in [2.24, 2.45) is 0 Å². The fourth-order valence-electron chi connectivity index (χ4n) is 3.68. The maximum Gasteiger partial charge on any atom is 0.223 e. The number of likely N-dealkylation sites (tertiary alicyclic amines) is 1. The lowest BCUT2D eigenvalue weighted by Gasteiger charge is -2.26. The second-order valence-corrected chi connectivity index (χ2v) is 6.35. The van der Waals surface area contributed by atoms with Gasteiger partial charge in [0, 0.05) is 19.0 Å². The summed E-state index contributed by atoms with van der Waals surface area (Å²) in [6.45, 7) is 2.00. The number of methoxy groups -OCH3 is 1. The van der Waals surface area contributed by atoms with E-state index in [1.807, 2.05) is 12.1 Å². The number of carbonyl (C=O) groups excluding carboxylic acids is 1. The summed E-state index contributed by atoms with van der Waals surface area (Å²) >= 11 is 0. The summed E-state index contributed by atoms with van der Waals surface area (Å²) in [6, 6.07) is 8.94. The first kappa shape index (κ1) is 15.3. The second-order valence-electron chi connectivity index (χ2n) is 6.35. The van der Waals surface area contributed by atoms with Gasteiger partial charge in [-0.2, -0.15) is 0 Å². The summed E-state index contributed by atoms with van der Waals surface area (Å²) in [5.74, 6) is 1.18. The Labute approximate surface area is 132 Å². The van der Waals surface area contributed by atoms with Gasteiger partial charge in [-0.3, -0.25) is 4.79 Å². The molecule has 0 spiro atoms. The Morgan fingerprint density at radius 3 is 2.77 bits per heavy atom. The normalized spacial score (nSPS) is 24.7. The molecule has 2 heterocycles. The molecule has 2 fully saturated rings. The van der Waals surface area contributed by atoms with Gasteiger partial charge in [-0.25, -0.2) is 0 Å². The lowest BCUT2D eigenvalue weighted by atomic mass is 10.0. The van der Waals surface area contributed by atoms with Gasteiger partial charge in [0.15, 0.2) is 0 Å². The van der Waals surface area contributed by atoms with Gasteiger partial charge >= 0.3 is 0 Å². The summed E-state index contributed by atoms with van der Waals surface area (Å²) in [5.41, 5.74) is 1.23. The fraction of sp³-hybridized carbons (Fsp3) is 0.611. The Balaban J connectivity index is 1.60. The van der Waals surface area contributed by atoms with Crippen LogP contribution in [0.15, 0.2) is 24.3 Å². The average molecular weight is 302 g/mol. The van der Waals surface area contributed by atoms with Crippen LogP contribution in [0.4, 0.5) is 0 Å². The Kier molecular flexibility index (Phi) is 4.98. The molecule has 4 heteroatoms. The molecule has 2 atom stereocenters. The van der Waals surface area contributed by atoms with Gasteiger partial charge < -0.3 is 15.0 Å². The Morgan fingerprint density at radius 1 is 1.27 bits per heavy atom. The van der Waals surface area contributed by atoms with E-state index in [0.717, 1.165) is 38.1 Å². The van der Waals surface area contributed by atoms with Crippen LogP contribution in [0.25, 0.3) is 0 Å². The maximum atomic E-state index is 12.6. The van der Waals surface area contributed by atoms with Gasteiger partial charge in [-0.15, -0.1) is 0 Å². The van der Waals surface area contributed by atoms with Crippen LogP contribution >= 0.6 is 0 Å². The van der Waals surface area contributed by atoms with Crippen LogP contribution in [-0.2, 0) is 4.79 Å². The van der Waals surface area contributed by atoms with Gasteiger partial charge in [0.2, 0.25) is 5.91 Å². The van der Waals surface area contributed by atoms with Crippen molar-refractivity contribution in [2.75, 3.05) is 20.2 Å². The number of hydrogen-bond donors (Lipinski definition) is 1. The van der Waals surface area contributed by atoms with E-state index in [0.29, 0.717) is 18.4 Å². The van der Waals surface area contributed by atoms with E-state index in [-0.39, 0.29) is 6.04 Å². The van der Waals surface area contributed by atoms with Crippen LogP contribution in [0.1, 0.15) is 50.1 Å². The van der Waals surface area contributed by atoms with Crippen LogP contribution in [0.2, 0.25) is 0 Å². The van der Waals surface area contributed by atoms with Crippen LogP contribution in [0, 0.1) is 0 Å². The number of nitrogens with one attached hydrogen (secondary N) is 1. The van der Waals surface area contributed by atoms with Crippen molar-refractivity contribution in [3.63, 3.8) is 0 Å². The first-order chi connectivity index (χ1) is 10.8. The maximum absolute atomic E-state index is 12.6. The molecular weight excluding hydrogens is 276 g/mol. The summed E-state index contributed by atoms with van der Waals surface area (Å²) in [7, 11) is 1.68. The highest BCUT2D eigenvalue weighted by atomic mass is 16.5. The van der Waals surface area contributed by atoms with E-state index in [1.165, 1.54) is 18.4 Å². The molecule has 1 amide bonds. The second kappa shape index (κ2) is 7.14. The monoisotopic (exact) mass is 302 g/mol. The SMILES string of the molecule is COc1ccc(C2CCCN2C(=O)CCC2CCCN2)cc1. The molecule has 0 aliphatic carbocycles. The third kappa shape index (κ3) is 3.43. The van der Waals surface area contributed by atoms with Gasteiger partial charge in [-0.05, 0) is 56.3 Å². The third-order valence-electron chi connectivity index (χ3n) is 4.94. The molecule has 2 aliphatic rings.